The van der Waals surface area contributed by atoms with Crippen LogP contribution in [0.4, 0.5) is 0 Å². The minimum Gasteiger partial charge on any atom is -0.281 e. The summed E-state index contributed by atoms with van der Waals surface area (Å²) in [4.78, 5) is 2.32. The smallest absolute Gasteiger partial charge is 0.111 e. The van der Waals surface area contributed by atoms with Crippen LogP contribution in [0, 0.1) is 11.3 Å². The third-order valence-corrected chi connectivity index (χ3v) is 2.75. The van der Waals surface area contributed by atoms with Crippen molar-refractivity contribution in [1.82, 2.24) is 4.90 Å². The molecule has 0 aromatic heterocycles. The minimum absolute atomic E-state index is 0.237. The van der Waals surface area contributed by atoms with E-state index in [9.17, 15) is 0 Å². The predicted molar refractivity (Wildman–Crippen MR) is 47.5 cm³/mol. The Hall–Kier alpha value is -0.810. The van der Waals surface area contributed by atoms with Crippen molar-refractivity contribution in [2.24, 2.45) is 0 Å². The van der Waals surface area contributed by atoms with Crippen LogP contribution in [0.2, 0.25) is 0 Å². The number of rotatable bonds is 1. The molecular weight excluding hydrogens is 148 g/mol. The van der Waals surface area contributed by atoms with Crippen molar-refractivity contribution in [3.63, 3.8) is 0 Å². The molecule has 12 heavy (non-hydrogen) atoms. The fourth-order valence-electron chi connectivity index (χ4n) is 1.93. The molecule has 0 N–H and O–H groups in total. The molecule has 2 aliphatic rings. The Morgan fingerprint density at radius 2 is 2.33 bits per heavy atom. The molecule has 3 atom stereocenters. The van der Waals surface area contributed by atoms with Crippen LogP contribution in [-0.4, -0.2) is 23.5 Å². The SMILES string of the molecule is N#CC1CN1C1CC=CCCC1. The van der Waals surface area contributed by atoms with Crippen LogP contribution in [0.5, 0.6) is 0 Å². The Bertz CT molecular complexity index is 226. The Labute approximate surface area is 73.5 Å². The molecule has 0 radical (unpaired) electrons. The number of allylic oxidation sites excluding steroid dienone is 1. The molecule has 1 fully saturated rings. The number of hydrogen-bond acceptors (Lipinski definition) is 2. The molecule has 2 nitrogen and oxygen atoms in total. The van der Waals surface area contributed by atoms with Crippen LogP contribution in [0.25, 0.3) is 0 Å². The van der Waals surface area contributed by atoms with Gasteiger partial charge < -0.3 is 0 Å². The van der Waals surface area contributed by atoms with Gasteiger partial charge in [-0.1, -0.05) is 12.2 Å². The zero-order chi connectivity index (χ0) is 8.39. The largest absolute Gasteiger partial charge is 0.281 e. The van der Waals surface area contributed by atoms with E-state index >= 15 is 0 Å². The summed E-state index contributed by atoms with van der Waals surface area (Å²) in [6.07, 6.45) is 9.47. The summed E-state index contributed by atoms with van der Waals surface area (Å²) in [6.45, 7) is 1.01. The lowest BCUT2D eigenvalue weighted by atomic mass is 10.1. The highest BCUT2D eigenvalue weighted by Gasteiger charge is 2.38. The molecule has 1 aliphatic heterocycles. The maximum absolute atomic E-state index is 8.67. The van der Waals surface area contributed by atoms with Crippen LogP contribution >= 0.6 is 0 Å². The van der Waals surface area contributed by atoms with E-state index in [2.05, 4.69) is 23.1 Å². The average molecular weight is 162 g/mol. The maximum atomic E-state index is 8.67. The Morgan fingerprint density at radius 1 is 1.42 bits per heavy atom. The molecule has 2 heteroatoms. The lowest BCUT2D eigenvalue weighted by molar-refractivity contribution is 0.363. The highest BCUT2D eigenvalue weighted by Crippen LogP contribution is 2.27. The predicted octanol–water partition coefficient (Wildman–Crippen LogP) is 1.69. The van der Waals surface area contributed by atoms with Crippen molar-refractivity contribution < 1.29 is 0 Å². The molecule has 0 amide bonds. The lowest BCUT2D eigenvalue weighted by Crippen LogP contribution is -2.18. The van der Waals surface area contributed by atoms with Crippen molar-refractivity contribution in [3.05, 3.63) is 12.2 Å². The van der Waals surface area contributed by atoms with Crippen LogP contribution < -0.4 is 0 Å². The quantitative estimate of drug-likeness (QED) is 0.433. The van der Waals surface area contributed by atoms with Crippen LogP contribution in [0.1, 0.15) is 25.7 Å². The number of hydrogen-bond donors (Lipinski definition) is 0. The van der Waals surface area contributed by atoms with E-state index in [0.717, 1.165) is 13.0 Å². The first-order valence-electron chi connectivity index (χ1n) is 4.72. The molecule has 0 aromatic rings. The van der Waals surface area contributed by atoms with Gasteiger partial charge in [0.05, 0.1) is 6.07 Å². The zero-order valence-corrected chi connectivity index (χ0v) is 7.24. The standard InChI is InChI=1S/C10H14N2/c11-7-10-8-12(10)9-5-3-1-2-4-6-9/h1,3,9-10H,2,4-6,8H2. The fourth-order valence-corrected chi connectivity index (χ4v) is 1.93. The summed E-state index contributed by atoms with van der Waals surface area (Å²) >= 11 is 0. The second kappa shape index (κ2) is 3.28. The van der Waals surface area contributed by atoms with Crippen LogP contribution in [-0.2, 0) is 0 Å². The van der Waals surface area contributed by atoms with Crippen molar-refractivity contribution in [1.29, 1.82) is 5.26 Å². The van der Waals surface area contributed by atoms with E-state index in [1.165, 1.54) is 19.3 Å². The lowest BCUT2D eigenvalue weighted by Gasteiger charge is -2.13. The van der Waals surface area contributed by atoms with Crippen molar-refractivity contribution in [3.8, 4) is 6.07 Å². The normalized spacial score (nSPS) is 40.1. The van der Waals surface area contributed by atoms with Gasteiger partial charge in [0, 0.05) is 12.6 Å². The molecule has 1 aliphatic carbocycles. The third-order valence-electron chi connectivity index (χ3n) is 2.75. The van der Waals surface area contributed by atoms with E-state index in [1.54, 1.807) is 0 Å². The molecule has 1 heterocycles. The van der Waals surface area contributed by atoms with Crippen LogP contribution in [0.15, 0.2) is 12.2 Å². The summed E-state index contributed by atoms with van der Waals surface area (Å²) < 4.78 is 0. The summed E-state index contributed by atoms with van der Waals surface area (Å²) in [5.41, 5.74) is 0. The van der Waals surface area contributed by atoms with Gasteiger partial charge >= 0.3 is 0 Å². The van der Waals surface area contributed by atoms with E-state index < -0.39 is 0 Å². The molecule has 3 unspecified atom stereocenters. The summed E-state index contributed by atoms with van der Waals surface area (Å²) in [6, 6.07) is 3.21. The molecular formula is C10H14N2. The summed E-state index contributed by atoms with van der Waals surface area (Å²) in [7, 11) is 0. The van der Waals surface area contributed by atoms with E-state index in [-0.39, 0.29) is 6.04 Å². The van der Waals surface area contributed by atoms with Crippen molar-refractivity contribution in [2.75, 3.05) is 6.54 Å². The van der Waals surface area contributed by atoms with Gasteiger partial charge in [0.2, 0.25) is 0 Å². The fraction of sp³-hybridized carbons (Fsp3) is 0.700. The topological polar surface area (TPSA) is 26.8 Å². The summed E-state index contributed by atoms with van der Waals surface area (Å²) in [5.74, 6) is 0. The Kier molecular flexibility index (Phi) is 2.14. The first-order chi connectivity index (χ1) is 5.92. The highest BCUT2D eigenvalue weighted by molar-refractivity contribution is 5.09. The maximum Gasteiger partial charge on any atom is 0.111 e. The monoisotopic (exact) mass is 162 g/mol. The van der Waals surface area contributed by atoms with E-state index in [0.29, 0.717) is 6.04 Å². The van der Waals surface area contributed by atoms with Gasteiger partial charge in [-0.2, -0.15) is 5.26 Å². The Morgan fingerprint density at radius 3 is 3.08 bits per heavy atom. The van der Waals surface area contributed by atoms with Gasteiger partial charge in [-0.3, -0.25) is 4.90 Å². The molecule has 0 bridgehead atoms. The van der Waals surface area contributed by atoms with Crippen LogP contribution in [0.3, 0.4) is 0 Å². The second-order valence-electron chi connectivity index (χ2n) is 3.63. The number of nitrogens with zero attached hydrogens (tertiary/aromatic N) is 2. The van der Waals surface area contributed by atoms with Crippen molar-refractivity contribution >= 4 is 0 Å². The van der Waals surface area contributed by atoms with Gasteiger partial charge in [-0.25, -0.2) is 0 Å². The second-order valence-corrected chi connectivity index (χ2v) is 3.63. The van der Waals surface area contributed by atoms with Gasteiger partial charge in [-0.15, -0.1) is 0 Å². The molecule has 0 spiro atoms. The molecule has 0 saturated carbocycles. The molecule has 64 valence electrons. The molecule has 1 saturated heterocycles. The minimum atomic E-state index is 0.237. The first-order valence-corrected chi connectivity index (χ1v) is 4.72. The van der Waals surface area contributed by atoms with Crippen molar-refractivity contribution in [2.45, 2.75) is 37.8 Å². The molecule has 2 rings (SSSR count). The first kappa shape index (κ1) is 7.82. The van der Waals surface area contributed by atoms with Gasteiger partial charge in [0.25, 0.3) is 0 Å². The van der Waals surface area contributed by atoms with E-state index in [1.807, 2.05) is 0 Å². The zero-order valence-electron chi connectivity index (χ0n) is 7.24. The highest BCUT2D eigenvalue weighted by atomic mass is 15.3. The number of nitriles is 1. The Balaban J connectivity index is 1.88. The van der Waals surface area contributed by atoms with E-state index in [4.69, 9.17) is 5.26 Å². The summed E-state index contributed by atoms with van der Waals surface area (Å²) in [5, 5.41) is 8.67. The molecule has 0 aromatic carbocycles. The third kappa shape index (κ3) is 1.51. The van der Waals surface area contributed by atoms with Gasteiger partial charge in [0.15, 0.2) is 0 Å². The van der Waals surface area contributed by atoms with Gasteiger partial charge in [0.1, 0.15) is 6.04 Å². The van der Waals surface area contributed by atoms with Gasteiger partial charge in [-0.05, 0) is 25.7 Å². The average Bonchev–Trinajstić information content (AvgIpc) is 2.89.